The van der Waals surface area contributed by atoms with E-state index in [1.807, 2.05) is 17.0 Å². The van der Waals surface area contributed by atoms with Crippen LogP contribution in [0.5, 0.6) is 0 Å². The predicted octanol–water partition coefficient (Wildman–Crippen LogP) is 3.36. The van der Waals surface area contributed by atoms with Crippen molar-refractivity contribution in [2.45, 2.75) is 70.4 Å². The third kappa shape index (κ3) is 3.97. The lowest BCUT2D eigenvalue weighted by Gasteiger charge is -2.36. The Balaban J connectivity index is 1.70. The molecule has 1 unspecified atom stereocenters. The molecule has 0 bridgehead atoms. The van der Waals surface area contributed by atoms with Gasteiger partial charge in [-0.3, -0.25) is 9.59 Å². The van der Waals surface area contributed by atoms with E-state index in [-0.39, 0.29) is 17.9 Å². The van der Waals surface area contributed by atoms with Crippen molar-refractivity contribution in [2.24, 2.45) is 0 Å². The van der Waals surface area contributed by atoms with Crippen molar-refractivity contribution in [3.05, 3.63) is 35.4 Å². The molecule has 1 aromatic rings. The maximum absolute atomic E-state index is 12.6. The van der Waals surface area contributed by atoms with Gasteiger partial charge in [-0.2, -0.15) is 0 Å². The molecule has 1 aliphatic heterocycles. The lowest BCUT2D eigenvalue weighted by atomic mass is 9.90. The zero-order chi connectivity index (χ0) is 16.9. The second-order valence-corrected chi connectivity index (χ2v) is 7.14. The highest BCUT2D eigenvalue weighted by atomic mass is 16.2. The largest absolute Gasteiger partial charge is 0.353 e. The van der Waals surface area contributed by atoms with Crippen molar-refractivity contribution in [3.63, 3.8) is 0 Å². The van der Waals surface area contributed by atoms with Crippen LogP contribution >= 0.6 is 0 Å². The lowest BCUT2D eigenvalue weighted by Crippen LogP contribution is -2.42. The van der Waals surface area contributed by atoms with Crippen LogP contribution in [0.3, 0.4) is 0 Å². The molecule has 130 valence electrons. The number of rotatable bonds is 3. The molecule has 1 aromatic carbocycles. The maximum Gasteiger partial charge on any atom is 0.222 e. The van der Waals surface area contributed by atoms with Crippen molar-refractivity contribution in [1.29, 1.82) is 0 Å². The number of hydrogen-bond acceptors (Lipinski definition) is 2. The predicted molar refractivity (Wildman–Crippen MR) is 94.5 cm³/mol. The molecule has 3 rings (SSSR count). The van der Waals surface area contributed by atoms with Crippen molar-refractivity contribution in [2.75, 3.05) is 6.54 Å². The number of nitrogens with zero attached hydrogens (tertiary/aromatic N) is 1. The number of nitrogens with one attached hydrogen (secondary N) is 1. The Labute approximate surface area is 144 Å². The van der Waals surface area contributed by atoms with Gasteiger partial charge < -0.3 is 10.2 Å². The van der Waals surface area contributed by atoms with Gasteiger partial charge in [-0.25, -0.2) is 0 Å². The summed E-state index contributed by atoms with van der Waals surface area (Å²) < 4.78 is 0. The van der Waals surface area contributed by atoms with Crippen molar-refractivity contribution in [3.8, 4) is 0 Å². The smallest absolute Gasteiger partial charge is 0.222 e. The summed E-state index contributed by atoms with van der Waals surface area (Å²) in [6, 6.07) is 8.39. The number of carbonyl (C=O) groups is 2. The van der Waals surface area contributed by atoms with Gasteiger partial charge in [0.05, 0.1) is 12.5 Å². The average Bonchev–Trinajstić information content (AvgIpc) is 2.83. The van der Waals surface area contributed by atoms with Crippen molar-refractivity contribution < 1.29 is 9.59 Å². The normalized spacial score (nSPS) is 21.7. The minimum atomic E-state index is -0.127. The maximum atomic E-state index is 12.6. The SMILES string of the molecule is CC(=O)N1CCc2ccccc2C1CC(=O)NC1CCCCCC1. The molecule has 1 fully saturated rings. The quantitative estimate of drug-likeness (QED) is 0.865. The minimum absolute atomic E-state index is 0.0526. The number of benzene rings is 1. The van der Waals surface area contributed by atoms with Gasteiger partial charge in [0.2, 0.25) is 11.8 Å². The van der Waals surface area contributed by atoms with Gasteiger partial charge in [-0.15, -0.1) is 0 Å². The molecule has 1 N–H and O–H groups in total. The molecule has 1 saturated carbocycles. The van der Waals surface area contributed by atoms with Gasteiger partial charge in [0, 0.05) is 19.5 Å². The third-order valence-corrected chi connectivity index (χ3v) is 5.42. The molecule has 2 amide bonds. The number of carbonyl (C=O) groups excluding carboxylic acids is 2. The van der Waals surface area contributed by atoms with Crippen LogP contribution in [-0.4, -0.2) is 29.3 Å². The van der Waals surface area contributed by atoms with Crippen LogP contribution in [0.2, 0.25) is 0 Å². The van der Waals surface area contributed by atoms with Crippen LogP contribution in [-0.2, 0) is 16.0 Å². The zero-order valence-corrected chi connectivity index (χ0v) is 14.6. The Bertz CT molecular complexity index is 591. The Hall–Kier alpha value is -1.84. The van der Waals surface area contributed by atoms with Crippen LogP contribution in [0.15, 0.2) is 24.3 Å². The minimum Gasteiger partial charge on any atom is -0.353 e. The van der Waals surface area contributed by atoms with Gasteiger partial charge in [-0.1, -0.05) is 49.9 Å². The summed E-state index contributed by atoms with van der Waals surface area (Å²) in [6.45, 7) is 2.30. The lowest BCUT2D eigenvalue weighted by molar-refractivity contribution is -0.133. The molecule has 1 aliphatic carbocycles. The zero-order valence-electron chi connectivity index (χ0n) is 14.6. The van der Waals surface area contributed by atoms with E-state index in [1.54, 1.807) is 6.92 Å². The monoisotopic (exact) mass is 328 g/mol. The average molecular weight is 328 g/mol. The molecule has 0 saturated heterocycles. The van der Waals surface area contributed by atoms with Crippen molar-refractivity contribution in [1.82, 2.24) is 10.2 Å². The van der Waals surface area contributed by atoms with E-state index in [0.717, 1.165) is 24.8 Å². The van der Waals surface area contributed by atoms with E-state index in [1.165, 1.54) is 31.2 Å². The van der Waals surface area contributed by atoms with Crippen LogP contribution in [0.4, 0.5) is 0 Å². The standard InChI is InChI=1S/C20H28N2O2/c1-15(23)22-13-12-16-8-6-7-11-18(16)19(22)14-20(24)21-17-9-4-2-3-5-10-17/h6-8,11,17,19H,2-5,9-10,12-14H2,1H3,(H,21,24). The van der Waals surface area contributed by atoms with E-state index >= 15 is 0 Å². The fourth-order valence-corrected chi connectivity index (χ4v) is 4.13. The molecular formula is C20H28N2O2. The fourth-order valence-electron chi connectivity index (χ4n) is 4.13. The molecular weight excluding hydrogens is 300 g/mol. The van der Waals surface area contributed by atoms with E-state index < -0.39 is 0 Å². The second-order valence-electron chi connectivity index (χ2n) is 7.14. The van der Waals surface area contributed by atoms with Gasteiger partial charge >= 0.3 is 0 Å². The van der Waals surface area contributed by atoms with Gasteiger partial charge in [0.25, 0.3) is 0 Å². The molecule has 24 heavy (non-hydrogen) atoms. The van der Waals surface area contributed by atoms with E-state index in [0.29, 0.717) is 19.0 Å². The van der Waals surface area contributed by atoms with Crippen molar-refractivity contribution >= 4 is 11.8 Å². The number of fused-ring (bicyclic) bond motifs is 1. The summed E-state index contributed by atoms with van der Waals surface area (Å²) in [5.41, 5.74) is 2.40. The Kier molecular flexibility index (Phi) is 5.54. The van der Waals surface area contributed by atoms with E-state index in [9.17, 15) is 9.59 Å². The molecule has 1 heterocycles. The number of hydrogen-bond donors (Lipinski definition) is 1. The first-order chi connectivity index (χ1) is 11.6. The highest BCUT2D eigenvalue weighted by Gasteiger charge is 2.31. The van der Waals surface area contributed by atoms with Crippen LogP contribution in [0, 0.1) is 0 Å². The summed E-state index contributed by atoms with van der Waals surface area (Å²) in [6.07, 6.45) is 8.38. The molecule has 4 heteroatoms. The highest BCUT2D eigenvalue weighted by molar-refractivity contribution is 5.79. The first-order valence-electron chi connectivity index (χ1n) is 9.29. The van der Waals surface area contributed by atoms with Gasteiger partial charge in [-0.05, 0) is 30.4 Å². The first kappa shape index (κ1) is 17.0. The molecule has 0 spiro atoms. The topological polar surface area (TPSA) is 49.4 Å². The second kappa shape index (κ2) is 7.82. The van der Waals surface area contributed by atoms with Crippen LogP contribution < -0.4 is 5.32 Å². The van der Waals surface area contributed by atoms with Gasteiger partial charge in [0.15, 0.2) is 0 Å². The van der Waals surface area contributed by atoms with Gasteiger partial charge in [0.1, 0.15) is 0 Å². The van der Waals surface area contributed by atoms with Crippen LogP contribution in [0.1, 0.15) is 69.0 Å². The number of amides is 2. The molecule has 4 nitrogen and oxygen atoms in total. The Morgan fingerprint density at radius 2 is 1.83 bits per heavy atom. The van der Waals surface area contributed by atoms with Crippen LogP contribution in [0.25, 0.3) is 0 Å². The fraction of sp³-hybridized carbons (Fsp3) is 0.600. The summed E-state index contributed by atoms with van der Waals surface area (Å²) in [5.74, 6) is 0.131. The molecule has 1 atom stereocenters. The summed E-state index contributed by atoms with van der Waals surface area (Å²) in [7, 11) is 0. The summed E-state index contributed by atoms with van der Waals surface area (Å²) in [4.78, 5) is 26.5. The highest BCUT2D eigenvalue weighted by Crippen LogP contribution is 2.32. The van der Waals surface area contributed by atoms with E-state index in [4.69, 9.17) is 0 Å². The van der Waals surface area contributed by atoms with E-state index in [2.05, 4.69) is 17.4 Å². The first-order valence-corrected chi connectivity index (χ1v) is 9.29. The summed E-state index contributed by atoms with van der Waals surface area (Å²) in [5, 5.41) is 3.22. The Morgan fingerprint density at radius 1 is 1.12 bits per heavy atom. The summed E-state index contributed by atoms with van der Waals surface area (Å²) >= 11 is 0. The third-order valence-electron chi connectivity index (χ3n) is 5.42. The molecule has 0 aromatic heterocycles. The molecule has 2 aliphatic rings. The Morgan fingerprint density at radius 3 is 2.54 bits per heavy atom. The molecule has 0 radical (unpaired) electrons.